The van der Waals surface area contributed by atoms with Crippen LogP contribution in [0.3, 0.4) is 0 Å². The summed E-state index contributed by atoms with van der Waals surface area (Å²) >= 11 is 3.29. The predicted octanol–water partition coefficient (Wildman–Crippen LogP) is 0.980. The molecule has 0 radical (unpaired) electrons. The number of primary amides is 1. The number of amides is 2. The predicted molar refractivity (Wildman–Crippen MR) is 78.9 cm³/mol. The lowest BCUT2D eigenvalue weighted by Crippen LogP contribution is -2.44. The molecule has 2 amide bonds. The van der Waals surface area contributed by atoms with Gasteiger partial charge in [-0.2, -0.15) is 0 Å². The summed E-state index contributed by atoms with van der Waals surface area (Å²) in [4.78, 5) is 29.1. The Bertz CT molecular complexity index is 492. The maximum Gasteiger partial charge on any atom is 0.231 e. The molecule has 2 rings (SSSR count). The van der Waals surface area contributed by atoms with Crippen LogP contribution in [-0.2, 0) is 9.59 Å². The van der Waals surface area contributed by atoms with E-state index in [0.717, 1.165) is 23.9 Å². The number of pyridine rings is 1. The van der Waals surface area contributed by atoms with Gasteiger partial charge in [-0.05, 0) is 47.4 Å². The van der Waals surface area contributed by atoms with Crippen LogP contribution < -0.4 is 11.1 Å². The molecule has 0 saturated carbocycles. The highest BCUT2D eigenvalue weighted by Gasteiger charge is 2.26. The van der Waals surface area contributed by atoms with Gasteiger partial charge in [-0.15, -0.1) is 0 Å². The van der Waals surface area contributed by atoms with Gasteiger partial charge in [0.15, 0.2) is 0 Å². The molecule has 3 N–H and O–H groups in total. The monoisotopic (exact) mass is 340 g/mol. The Morgan fingerprint density at radius 2 is 2.30 bits per heavy atom. The molecule has 1 fully saturated rings. The molecule has 0 unspecified atom stereocenters. The molecule has 0 bridgehead atoms. The van der Waals surface area contributed by atoms with Crippen molar-refractivity contribution < 1.29 is 9.59 Å². The Morgan fingerprint density at radius 3 is 2.95 bits per heavy atom. The topological polar surface area (TPSA) is 88.3 Å². The van der Waals surface area contributed by atoms with Crippen LogP contribution >= 0.6 is 15.9 Å². The average molecular weight is 341 g/mol. The molecule has 1 atom stereocenters. The highest BCUT2D eigenvalue weighted by atomic mass is 79.9. The molecule has 20 heavy (non-hydrogen) atoms. The van der Waals surface area contributed by atoms with E-state index in [1.165, 1.54) is 0 Å². The molecular formula is C13H17BrN4O2. The zero-order valence-corrected chi connectivity index (χ0v) is 12.6. The van der Waals surface area contributed by atoms with Crippen molar-refractivity contribution in [3.05, 3.63) is 22.8 Å². The molecule has 0 aromatic carbocycles. The first kappa shape index (κ1) is 14.9. The van der Waals surface area contributed by atoms with Crippen molar-refractivity contribution in [2.24, 2.45) is 11.7 Å². The van der Waals surface area contributed by atoms with Crippen LogP contribution in [-0.4, -0.2) is 41.3 Å². The lowest BCUT2D eigenvalue weighted by molar-refractivity contribution is -0.124. The third kappa shape index (κ3) is 4.28. The molecule has 2 heterocycles. The number of likely N-dealkylation sites (tertiary alicyclic amines) is 1. The van der Waals surface area contributed by atoms with E-state index in [1.54, 1.807) is 12.3 Å². The number of carbonyl (C=O) groups is 2. The van der Waals surface area contributed by atoms with E-state index >= 15 is 0 Å². The molecule has 108 valence electrons. The normalized spacial score (nSPS) is 19.6. The summed E-state index contributed by atoms with van der Waals surface area (Å²) in [7, 11) is 0. The number of piperidine rings is 1. The highest BCUT2D eigenvalue weighted by molar-refractivity contribution is 9.10. The number of halogens is 1. The fourth-order valence-electron chi connectivity index (χ4n) is 2.31. The van der Waals surface area contributed by atoms with Crippen molar-refractivity contribution in [3.63, 3.8) is 0 Å². The second kappa shape index (κ2) is 6.81. The minimum atomic E-state index is -0.361. The minimum Gasteiger partial charge on any atom is -0.369 e. The number of carbonyl (C=O) groups excluding carboxylic acids is 2. The van der Waals surface area contributed by atoms with Gasteiger partial charge in [0, 0.05) is 17.2 Å². The first-order chi connectivity index (χ1) is 9.54. The van der Waals surface area contributed by atoms with Gasteiger partial charge in [-0.25, -0.2) is 4.98 Å². The van der Waals surface area contributed by atoms with E-state index in [-0.39, 0.29) is 24.3 Å². The third-order valence-corrected chi connectivity index (χ3v) is 3.70. The van der Waals surface area contributed by atoms with E-state index in [9.17, 15) is 9.59 Å². The van der Waals surface area contributed by atoms with Crippen molar-refractivity contribution in [1.82, 2.24) is 9.88 Å². The van der Waals surface area contributed by atoms with E-state index < -0.39 is 0 Å². The van der Waals surface area contributed by atoms with E-state index in [0.29, 0.717) is 12.4 Å². The molecule has 1 aliphatic rings. The van der Waals surface area contributed by atoms with E-state index in [1.807, 2.05) is 11.0 Å². The van der Waals surface area contributed by atoms with E-state index in [2.05, 4.69) is 26.2 Å². The van der Waals surface area contributed by atoms with Crippen molar-refractivity contribution in [2.45, 2.75) is 12.8 Å². The number of nitrogens with zero attached hydrogens (tertiary/aromatic N) is 2. The Labute approximate surface area is 125 Å². The van der Waals surface area contributed by atoms with Gasteiger partial charge in [0.25, 0.3) is 0 Å². The second-order valence-electron chi connectivity index (χ2n) is 4.89. The summed E-state index contributed by atoms with van der Waals surface area (Å²) in [6.45, 7) is 1.58. The van der Waals surface area contributed by atoms with Crippen LogP contribution in [0.15, 0.2) is 22.8 Å². The third-order valence-electron chi connectivity index (χ3n) is 3.23. The first-order valence-corrected chi connectivity index (χ1v) is 7.27. The molecule has 1 aromatic heterocycles. The number of anilines is 1. The molecule has 1 aliphatic heterocycles. The molecule has 6 nitrogen and oxygen atoms in total. The van der Waals surface area contributed by atoms with Crippen LogP contribution in [0.25, 0.3) is 0 Å². The summed E-state index contributed by atoms with van der Waals surface area (Å²) in [6.07, 6.45) is 3.34. The minimum absolute atomic E-state index is 0.0611. The Balaban J connectivity index is 1.91. The van der Waals surface area contributed by atoms with Gasteiger partial charge in [0.1, 0.15) is 5.82 Å². The molecule has 0 aliphatic carbocycles. The number of aromatic nitrogens is 1. The van der Waals surface area contributed by atoms with Crippen LogP contribution in [0, 0.1) is 5.92 Å². The molecule has 1 aromatic rings. The Hall–Kier alpha value is -1.47. The zero-order chi connectivity index (χ0) is 14.5. The lowest BCUT2D eigenvalue weighted by atomic mass is 9.97. The van der Waals surface area contributed by atoms with Crippen LogP contribution in [0.1, 0.15) is 12.8 Å². The van der Waals surface area contributed by atoms with Crippen molar-refractivity contribution in [1.29, 1.82) is 0 Å². The maximum absolute atomic E-state index is 12.2. The summed E-state index contributed by atoms with van der Waals surface area (Å²) in [5.41, 5.74) is 5.19. The molecule has 0 spiro atoms. The van der Waals surface area contributed by atoms with Gasteiger partial charge in [-0.3, -0.25) is 14.5 Å². The standard InChI is InChI=1S/C13H17BrN4O2/c14-10-3-4-12(16-6-10)17-13(20)9-2-1-5-18(7-9)8-11(15)19/h3-4,6,9H,1-2,5,7-8H2,(H2,15,19)(H,16,17,20)/t9-/m1/s1. The first-order valence-electron chi connectivity index (χ1n) is 6.47. The molecule has 1 saturated heterocycles. The van der Waals surface area contributed by atoms with Crippen molar-refractivity contribution in [2.75, 3.05) is 25.0 Å². The summed E-state index contributed by atoms with van der Waals surface area (Å²) in [5, 5.41) is 2.80. The number of hydrogen-bond donors (Lipinski definition) is 2. The summed E-state index contributed by atoms with van der Waals surface area (Å²) in [5.74, 6) is -0.0200. The summed E-state index contributed by atoms with van der Waals surface area (Å²) < 4.78 is 0.862. The zero-order valence-electron chi connectivity index (χ0n) is 11.0. The second-order valence-corrected chi connectivity index (χ2v) is 5.81. The van der Waals surface area contributed by atoms with Gasteiger partial charge in [0.2, 0.25) is 11.8 Å². The van der Waals surface area contributed by atoms with Crippen molar-refractivity contribution >= 4 is 33.6 Å². The number of hydrogen-bond acceptors (Lipinski definition) is 4. The smallest absolute Gasteiger partial charge is 0.231 e. The number of nitrogens with one attached hydrogen (secondary N) is 1. The number of nitrogens with two attached hydrogens (primary N) is 1. The Kier molecular flexibility index (Phi) is 5.08. The van der Waals surface area contributed by atoms with Crippen molar-refractivity contribution in [3.8, 4) is 0 Å². The molecule has 7 heteroatoms. The number of rotatable bonds is 4. The summed E-state index contributed by atoms with van der Waals surface area (Å²) in [6, 6.07) is 3.56. The van der Waals surface area contributed by atoms with Gasteiger partial charge in [-0.1, -0.05) is 0 Å². The van der Waals surface area contributed by atoms with Gasteiger partial charge >= 0.3 is 0 Å². The lowest BCUT2D eigenvalue weighted by Gasteiger charge is -2.30. The van der Waals surface area contributed by atoms with E-state index in [4.69, 9.17) is 5.73 Å². The average Bonchev–Trinajstić information content (AvgIpc) is 2.41. The van der Waals surface area contributed by atoms with Crippen LogP contribution in [0.5, 0.6) is 0 Å². The largest absolute Gasteiger partial charge is 0.369 e. The van der Waals surface area contributed by atoms with Crippen LogP contribution in [0.2, 0.25) is 0 Å². The Morgan fingerprint density at radius 1 is 1.50 bits per heavy atom. The maximum atomic E-state index is 12.2. The fraction of sp³-hybridized carbons (Fsp3) is 0.462. The molecular weight excluding hydrogens is 324 g/mol. The van der Waals surface area contributed by atoms with Gasteiger partial charge < -0.3 is 11.1 Å². The van der Waals surface area contributed by atoms with Crippen LogP contribution in [0.4, 0.5) is 5.82 Å². The SMILES string of the molecule is NC(=O)CN1CCC[C@@H](C(=O)Nc2ccc(Br)cn2)C1. The highest BCUT2D eigenvalue weighted by Crippen LogP contribution is 2.18. The quantitative estimate of drug-likeness (QED) is 0.855. The fourth-order valence-corrected chi connectivity index (χ4v) is 2.55. The van der Waals surface area contributed by atoms with Gasteiger partial charge in [0.05, 0.1) is 12.5 Å².